The van der Waals surface area contributed by atoms with Gasteiger partial charge in [0.25, 0.3) is 0 Å². The first-order valence-corrected chi connectivity index (χ1v) is 9.69. The van der Waals surface area contributed by atoms with Gasteiger partial charge in [0.05, 0.1) is 11.1 Å². The Balaban J connectivity index is 0.00000338. The van der Waals surface area contributed by atoms with Crippen molar-refractivity contribution in [2.45, 2.75) is 53.3 Å². The Labute approximate surface area is 172 Å². The lowest BCUT2D eigenvalue weighted by molar-refractivity contribution is -0.00000608. The normalized spacial score (nSPS) is 11.6. The zero-order valence-electron chi connectivity index (χ0n) is 15.9. The standard InChI is InChI=1S/C21H28BrNO2.ClH/c1-5-16(4)23-13-18-11-19(22)21(20(12-18)24-6-2)25-14-17-9-7-15(3)8-10-17;/h7-12,16,23H,5-6,13-14H2,1-4H3;1H/p-1. The van der Waals surface area contributed by atoms with E-state index in [1.807, 2.05) is 6.92 Å². The number of halogens is 2. The molecular formula is C21H28BrClNO2-. The van der Waals surface area contributed by atoms with E-state index >= 15 is 0 Å². The highest BCUT2D eigenvalue weighted by Gasteiger charge is 2.13. The Bertz CT molecular complexity index is 676. The minimum Gasteiger partial charge on any atom is -1.00 e. The Kier molecular flexibility index (Phi) is 10.1. The second-order valence-electron chi connectivity index (χ2n) is 6.30. The Morgan fingerprint density at radius 3 is 2.35 bits per heavy atom. The molecule has 0 radical (unpaired) electrons. The zero-order chi connectivity index (χ0) is 18.2. The highest BCUT2D eigenvalue weighted by Crippen LogP contribution is 2.37. The molecule has 0 spiro atoms. The summed E-state index contributed by atoms with van der Waals surface area (Å²) in [5.74, 6) is 1.54. The summed E-state index contributed by atoms with van der Waals surface area (Å²) in [6.45, 7) is 10.4. The van der Waals surface area contributed by atoms with Crippen molar-refractivity contribution in [1.29, 1.82) is 0 Å². The van der Waals surface area contributed by atoms with Crippen LogP contribution in [0.3, 0.4) is 0 Å². The molecular weight excluding hydrogens is 414 g/mol. The largest absolute Gasteiger partial charge is 1.00 e. The number of hydrogen-bond acceptors (Lipinski definition) is 3. The maximum Gasteiger partial charge on any atom is 0.175 e. The van der Waals surface area contributed by atoms with Gasteiger partial charge in [-0.15, -0.1) is 0 Å². The molecule has 1 atom stereocenters. The minimum absolute atomic E-state index is 0. The Hall–Kier alpha value is -1.23. The van der Waals surface area contributed by atoms with Gasteiger partial charge in [-0.05, 0) is 66.4 Å². The first kappa shape index (κ1) is 22.8. The first-order valence-electron chi connectivity index (χ1n) is 8.90. The van der Waals surface area contributed by atoms with Crippen LogP contribution in [0, 0.1) is 6.92 Å². The molecule has 1 unspecified atom stereocenters. The van der Waals surface area contributed by atoms with E-state index < -0.39 is 0 Å². The average molecular weight is 442 g/mol. The van der Waals surface area contributed by atoms with Crippen LogP contribution in [0.15, 0.2) is 40.9 Å². The van der Waals surface area contributed by atoms with E-state index in [-0.39, 0.29) is 12.4 Å². The summed E-state index contributed by atoms with van der Waals surface area (Å²) in [4.78, 5) is 0. The predicted octanol–water partition coefficient (Wildman–Crippen LogP) is 2.63. The first-order chi connectivity index (χ1) is 12.0. The molecule has 0 fully saturated rings. The lowest BCUT2D eigenvalue weighted by Gasteiger charge is -2.17. The van der Waals surface area contributed by atoms with Crippen LogP contribution in [0.25, 0.3) is 0 Å². The summed E-state index contributed by atoms with van der Waals surface area (Å²) in [7, 11) is 0. The van der Waals surface area contributed by atoms with Crippen LogP contribution >= 0.6 is 15.9 Å². The van der Waals surface area contributed by atoms with Gasteiger partial charge in [-0.3, -0.25) is 0 Å². The maximum atomic E-state index is 6.06. The van der Waals surface area contributed by atoms with E-state index in [4.69, 9.17) is 9.47 Å². The smallest absolute Gasteiger partial charge is 0.175 e. The number of nitrogens with one attached hydrogen (secondary N) is 1. The van der Waals surface area contributed by atoms with Crippen LogP contribution in [0.1, 0.15) is 43.9 Å². The van der Waals surface area contributed by atoms with Crippen molar-refractivity contribution in [2.24, 2.45) is 0 Å². The molecule has 26 heavy (non-hydrogen) atoms. The van der Waals surface area contributed by atoms with E-state index in [2.05, 4.69) is 78.4 Å². The fourth-order valence-corrected chi connectivity index (χ4v) is 3.01. The number of rotatable bonds is 9. The van der Waals surface area contributed by atoms with Crippen LogP contribution in [0.2, 0.25) is 0 Å². The van der Waals surface area contributed by atoms with Crippen molar-refractivity contribution in [1.82, 2.24) is 5.32 Å². The van der Waals surface area contributed by atoms with Crippen molar-refractivity contribution in [2.75, 3.05) is 6.61 Å². The molecule has 0 aliphatic rings. The van der Waals surface area contributed by atoms with Gasteiger partial charge in [0, 0.05) is 12.6 Å². The molecule has 5 heteroatoms. The Morgan fingerprint density at radius 1 is 1.04 bits per heavy atom. The maximum absolute atomic E-state index is 6.06. The second-order valence-corrected chi connectivity index (χ2v) is 7.16. The molecule has 0 saturated heterocycles. The molecule has 2 aromatic rings. The molecule has 0 bridgehead atoms. The SMILES string of the molecule is CCOc1cc(CNC(C)CC)cc(Br)c1OCc1ccc(C)cc1.[Cl-]. The molecule has 0 aliphatic carbocycles. The molecule has 0 aliphatic heterocycles. The lowest BCUT2D eigenvalue weighted by Crippen LogP contribution is -3.00. The summed E-state index contributed by atoms with van der Waals surface area (Å²) in [5.41, 5.74) is 3.57. The van der Waals surface area contributed by atoms with Crippen LogP contribution in [-0.4, -0.2) is 12.6 Å². The molecule has 1 N–H and O–H groups in total. The summed E-state index contributed by atoms with van der Waals surface area (Å²) >= 11 is 3.64. The third kappa shape index (κ3) is 6.82. The third-order valence-corrected chi connectivity index (χ3v) is 4.73. The van der Waals surface area contributed by atoms with Crippen LogP contribution in [0.4, 0.5) is 0 Å². The fourth-order valence-electron chi connectivity index (χ4n) is 2.40. The van der Waals surface area contributed by atoms with Crippen LogP contribution in [-0.2, 0) is 13.2 Å². The van der Waals surface area contributed by atoms with Gasteiger partial charge >= 0.3 is 0 Å². The topological polar surface area (TPSA) is 30.5 Å². The van der Waals surface area contributed by atoms with E-state index in [1.54, 1.807) is 0 Å². The van der Waals surface area contributed by atoms with Gasteiger partial charge in [-0.1, -0.05) is 36.8 Å². The van der Waals surface area contributed by atoms with Gasteiger partial charge in [-0.25, -0.2) is 0 Å². The highest BCUT2D eigenvalue weighted by atomic mass is 79.9. The highest BCUT2D eigenvalue weighted by molar-refractivity contribution is 9.10. The quantitative estimate of drug-likeness (QED) is 0.649. The molecule has 0 aromatic heterocycles. The summed E-state index contributed by atoms with van der Waals surface area (Å²) in [6, 6.07) is 13.0. The summed E-state index contributed by atoms with van der Waals surface area (Å²) < 4.78 is 12.8. The van der Waals surface area contributed by atoms with E-state index in [0.29, 0.717) is 19.3 Å². The number of aryl methyl sites for hydroxylation is 1. The molecule has 0 heterocycles. The van der Waals surface area contributed by atoms with Crippen molar-refractivity contribution >= 4 is 15.9 Å². The summed E-state index contributed by atoms with van der Waals surface area (Å²) in [5, 5.41) is 3.51. The Morgan fingerprint density at radius 2 is 1.73 bits per heavy atom. The number of ether oxygens (including phenoxy) is 2. The molecule has 3 nitrogen and oxygen atoms in total. The molecule has 0 saturated carbocycles. The van der Waals surface area contributed by atoms with Crippen molar-refractivity contribution in [3.63, 3.8) is 0 Å². The number of benzene rings is 2. The molecule has 144 valence electrons. The van der Waals surface area contributed by atoms with Gasteiger partial charge < -0.3 is 27.2 Å². The van der Waals surface area contributed by atoms with E-state index in [9.17, 15) is 0 Å². The minimum atomic E-state index is 0. The second kappa shape index (κ2) is 11.5. The average Bonchev–Trinajstić information content (AvgIpc) is 2.60. The fraction of sp³-hybridized carbons (Fsp3) is 0.429. The lowest BCUT2D eigenvalue weighted by atomic mass is 10.1. The molecule has 0 amide bonds. The molecule has 2 aromatic carbocycles. The van der Waals surface area contributed by atoms with Gasteiger partial charge in [-0.2, -0.15) is 0 Å². The third-order valence-electron chi connectivity index (χ3n) is 4.14. The van der Waals surface area contributed by atoms with E-state index in [0.717, 1.165) is 34.5 Å². The zero-order valence-corrected chi connectivity index (χ0v) is 18.3. The van der Waals surface area contributed by atoms with Gasteiger partial charge in [0.1, 0.15) is 6.61 Å². The van der Waals surface area contributed by atoms with Crippen molar-refractivity contribution in [3.8, 4) is 11.5 Å². The predicted molar refractivity (Wildman–Crippen MR) is 107 cm³/mol. The summed E-state index contributed by atoms with van der Waals surface area (Å²) in [6.07, 6.45) is 1.11. The number of hydrogen-bond donors (Lipinski definition) is 1. The van der Waals surface area contributed by atoms with Crippen molar-refractivity contribution in [3.05, 3.63) is 57.6 Å². The van der Waals surface area contributed by atoms with Crippen LogP contribution in [0.5, 0.6) is 11.5 Å². The van der Waals surface area contributed by atoms with Crippen LogP contribution < -0.4 is 27.2 Å². The monoisotopic (exact) mass is 440 g/mol. The van der Waals surface area contributed by atoms with Gasteiger partial charge in [0.2, 0.25) is 0 Å². The molecule has 2 rings (SSSR count). The van der Waals surface area contributed by atoms with E-state index in [1.165, 1.54) is 11.1 Å². The van der Waals surface area contributed by atoms with Crippen molar-refractivity contribution < 1.29 is 21.9 Å². The van der Waals surface area contributed by atoms with Gasteiger partial charge in [0.15, 0.2) is 11.5 Å².